The first-order chi connectivity index (χ1) is 13.5. The smallest absolute Gasteiger partial charge is 0.257 e. The maximum atomic E-state index is 12.4. The van der Waals surface area contributed by atoms with Gasteiger partial charge >= 0.3 is 0 Å². The second-order valence-electron chi connectivity index (χ2n) is 6.27. The molecule has 0 aliphatic carbocycles. The lowest BCUT2D eigenvalue weighted by Gasteiger charge is -2.13. The minimum atomic E-state index is -0.237. The molecule has 0 aliphatic rings. The number of ether oxygens (including phenoxy) is 1. The number of nitrogens with zero attached hydrogens (tertiary/aromatic N) is 1. The minimum absolute atomic E-state index is 0.0558. The number of amides is 2. The molecule has 1 atom stereocenters. The molecule has 2 aromatic carbocycles. The van der Waals surface area contributed by atoms with Gasteiger partial charge in [-0.25, -0.2) is 4.98 Å². The molecule has 0 saturated carbocycles. The molecule has 144 valence electrons. The standard InChI is InChI=1S/C21H21N3O3S/c1-13(22-14(2)25)15-7-9-16(10-8-15)19-12-28-21(23-19)24-20(26)17-5-4-6-18(11-17)27-3/h4-13H,1-3H3,(H,22,25)(H,23,24,26). The van der Waals surface area contributed by atoms with Crippen LogP contribution < -0.4 is 15.4 Å². The van der Waals surface area contributed by atoms with Gasteiger partial charge in [-0.15, -0.1) is 11.3 Å². The normalized spacial score (nSPS) is 11.5. The van der Waals surface area contributed by atoms with Crippen molar-refractivity contribution in [3.8, 4) is 17.0 Å². The lowest BCUT2D eigenvalue weighted by Crippen LogP contribution is -2.23. The fraction of sp³-hybridized carbons (Fsp3) is 0.190. The van der Waals surface area contributed by atoms with Crippen LogP contribution in [0.3, 0.4) is 0 Å². The van der Waals surface area contributed by atoms with Gasteiger partial charge in [0.05, 0.1) is 18.8 Å². The summed E-state index contributed by atoms with van der Waals surface area (Å²) in [5, 5.41) is 8.10. The molecule has 0 radical (unpaired) electrons. The molecule has 2 N–H and O–H groups in total. The van der Waals surface area contributed by atoms with Gasteiger partial charge in [0.2, 0.25) is 5.91 Å². The van der Waals surface area contributed by atoms with E-state index >= 15 is 0 Å². The highest BCUT2D eigenvalue weighted by molar-refractivity contribution is 7.14. The maximum Gasteiger partial charge on any atom is 0.257 e. The first kappa shape index (κ1) is 19.6. The third-order valence-electron chi connectivity index (χ3n) is 4.18. The zero-order valence-electron chi connectivity index (χ0n) is 15.9. The molecular formula is C21H21N3O3S. The van der Waals surface area contributed by atoms with Gasteiger partial charge in [-0.2, -0.15) is 0 Å². The van der Waals surface area contributed by atoms with Crippen LogP contribution in [0.4, 0.5) is 5.13 Å². The van der Waals surface area contributed by atoms with E-state index in [4.69, 9.17) is 4.74 Å². The van der Waals surface area contributed by atoms with Crippen LogP contribution in [-0.4, -0.2) is 23.9 Å². The van der Waals surface area contributed by atoms with E-state index in [1.165, 1.54) is 18.3 Å². The predicted octanol–water partition coefficient (Wildman–Crippen LogP) is 4.27. The Balaban J connectivity index is 1.69. The van der Waals surface area contributed by atoms with Crippen LogP contribution in [0.15, 0.2) is 53.9 Å². The molecule has 1 unspecified atom stereocenters. The molecule has 0 fully saturated rings. The molecule has 2 amide bonds. The first-order valence-corrected chi connectivity index (χ1v) is 9.62. The number of methoxy groups -OCH3 is 1. The lowest BCUT2D eigenvalue weighted by atomic mass is 10.1. The summed E-state index contributed by atoms with van der Waals surface area (Å²) in [6.45, 7) is 3.44. The first-order valence-electron chi connectivity index (χ1n) is 8.74. The summed E-state index contributed by atoms with van der Waals surface area (Å²) in [5.74, 6) is 0.327. The number of carbonyl (C=O) groups is 2. The van der Waals surface area contributed by atoms with Gasteiger partial charge in [0, 0.05) is 23.4 Å². The van der Waals surface area contributed by atoms with Gasteiger partial charge in [0.1, 0.15) is 5.75 Å². The van der Waals surface area contributed by atoms with Crippen molar-refractivity contribution in [1.82, 2.24) is 10.3 Å². The predicted molar refractivity (Wildman–Crippen MR) is 111 cm³/mol. The number of benzene rings is 2. The summed E-state index contributed by atoms with van der Waals surface area (Å²) in [6.07, 6.45) is 0. The van der Waals surface area contributed by atoms with Crippen molar-refractivity contribution in [3.05, 3.63) is 65.0 Å². The lowest BCUT2D eigenvalue weighted by molar-refractivity contribution is -0.119. The zero-order valence-corrected chi connectivity index (χ0v) is 16.7. The SMILES string of the molecule is COc1cccc(C(=O)Nc2nc(-c3ccc(C(C)NC(C)=O)cc3)cs2)c1. The van der Waals surface area contributed by atoms with Crippen LogP contribution in [0, 0.1) is 0 Å². The number of rotatable bonds is 6. The van der Waals surface area contributed by atoms with E-state index in [1.54, 1.807) is 31.4 Å². The van der Waals surface area contributed by atoms with Crippen molar-refractivity contribution >= 4 is 28.3 Å². The van der Waals surface area contributed by atoms with Gasteiger partial charge in [-0.3, -0.25) is 14.9 Å². The van der Waals surface area contributed by atoms with Gasteiger partial charge in [0.25, 0.3) is 5.91 Å². The average Bonchev–Trinajstić information content (AvgIpc) is 3.16. The fourth-order valence-corrected chi connectivity index (χ4v) is 3.44. The molecule has 0 aliphatic heterocycles. The summed E-state index contributed by atoms with van der Waals surface area (Å²) < 4.78 is 5.15. The molecule has 0 spiro atoms. The van der Waals surface area contributed by atoms with Gasteiger partial charge in [0.15, 0.2) is 5.13 Å². The zero-order chi connectivity index (χ0) is 20.1. The van der Waals surface area contributed by atoms with E-state index in [2.05, 4.69) is 15.6 Å². The Labute approximate surface area is 167 Å². The molecule has 1 heterocycles. The number of anilines is 1. The molecule has 3 aromatic rings. The van der Waals surface area contributed by atoms with E-state index in [1.807, 2.05) is 36.6 Å². The largest absolute Gasteiger partial charge is 0.497 e. The topological polar surface area (TPSA) is 80.3 Å². The number of carbonyl (C=O) groups excluding carboxylic acids is 2. The summed E-state index contributed by atoms with van der Waals surface area (Å²) >= 11 is 1.36. The average molecular weight is 395 g/mol. The van der Waals surface area contributed by atoms with Crippen LogP contribution in [0.5, 0.6) is 5.75 Å². The van der Waals surface area contributed by atoms with Crippen LogP contribution in [0.25, 0.3) is 11.3 Å². The highest BCUT2D eigenvalue weighted by Crippen LogP contribution is 2.26. The molecule has 6 nitrogen and oxygen atoms in total. The van der Waals surface area contributed by atoms with Crippen molar-refractivity contribution in [2.24, 2.45) is 0 Å². The maximum absolute atomic E-state index is 12.4. The van der Waals surface area contributed by atoms with Crippen molar-refractivity contribution in [2.45, 2.75) is 19.9 Å². The third kappa shape index (κ3) is 4.75. The second kappa shape index (κ2) is 8.67. The Morgan fingerprint density at radius 3 is 2.57 bits per heavy atom. The van der Waals surface area contributed by atoms with Gasteiger partial charge in [-0.1, -0.05) is 30.3 Å². The Morgan fingerprint density at radius 1 is 1.14 bits per heavy atom. The number of hydrogen-bond acceptors (Lipinski definition) is 5. The Kier molecular flexibility index (Phi) is 6.06. The minimum Gasteiger partial charge on any atom is -0.497 e. The van der Waals surface area contributed by atoms with Crippen molar-refractivity contribution in [3.63, 3.8) is 0 Å². The van der Waals surface area contributed by atoms with E-state index in [0.717, 1.165) is 16.8 Å². The van der Waals surface area contributed by atoms with E-state index in [0.29, 0.717) is 16.4 Å². The van der Waals surface area contributed by atoms with Crippen LogP contribution in [0.2, 0.25) is 0 Å². The Hall–Kier alpha value is -3.19. The second-order valence-corrected chi connectivity index (χ2v) is 7.13. The number of nitrogens with one attached hydrogen (secondary N) is 2. The number of hydrogen-bond donors (Lipinski definition) is 2. The molecule has 0 bridgehead atoms. The van der Waals surface area contributed by atoms with Gasteiger partial charge < -0.3 is 10.1 Å². The highest BCUT2D eigenvalue weighted by atomic mass is 32.1. The van der Waals surface area contributed by atoms with Crippen molar-refractivity contribution in [1.29, 1.82) is 0 Å². The third-order valence-corrected chi connectivity index (χ3v) is 4.94. The Bertz CT molecular complexity index is 983. The van der Waals surface area contributed by atoms with E-state index in [-0.39, 0.29) is 17.9 Å². The van der Waals surface area contributed by atoms with Crippen LogP contribution >= 0.6 is 11.3 Å². The van der Waals surface area contributed by atoms with Crippen molar-refractivity contribution in [2.75, 3.05) is 12.4 Å². The number of thiazole rings is 1. The summed E-state index contributed by atoms with van der Waals surface area (Å²) in [6, 6.07) is 14.7. The van der Waals surface area contributed by atoms with Crippen molar-refractivity contribution < 1.29 is 14.3 Å². The molecule has 3 rings (SSSR count). The summed E-state index contributed by atoms with van der Waals surface area (Å²) in [5.41, 5.74) is 3.25. The summed E-state index contributed by atoms with van der Waals surface area (Å²) in [7, 11) is 1.56. The monoisotopic (exact) mass is 395 g/mol. The molecule has 7 heteroatoms. The summed E-state index contributed by atoms with van der Waals surface area (Å²) in [4.78, 5) is 28.1. The molecule has 1 aromatic heterocycles. The molecular weight excluding hydrogens is 374 g/mol. The quantitative estimate of drug-likeness (QED) is 0.653. The van der Waals surface area contributed by atoms with Crippen LogP contribution in [0.1, 0.15) is 35.8 Å². The van der Waals surface area contributed by atoms with E-state index in [9.17, 15) is 9.59 Å². The van der Waals surface area contributed by atoms with E-state index < -0.39 is 0 Å². The number of aromatic nitrogens is 1. The van der Waals surface area contributed by atoms with Gasteiger partial charge in [-0.05, 0) is 30.7 Å². The van der Waals surface area contributed by atoms with Crippen LogP contribution in [-0.2, 0) is 4.79 Å². The molecule has 0 saturated heterocycles. The fourth-order valence-electron chi connectivity index (χ4n) is 2.73. The molecule has 28 heavy (non-hydrogen) atoms. The highest BCUT2D eigenvalue weighted by Gasteiger charge is 2.12. The Morgan fingerprint density at radius 2 is 1.89 bits per heavy atom.